The Balaban J connectivity index is 1.64. The molecular formula is C21H30N4O2S. The van der Waals surface area contributed by atoms with Crippen molar-refractivity contribution in [3.05, 3.63) is 45.5 Å². The fourth-order valence-corrected chi connectivity index (χ4v) is 3.78. The summed E-state index contributed by atoms with van der Waals surface area (Å²) in [5, 5.41) is 5.99. The molecule has 0 saturated heterocycles. The molecule has 28 heavy (non-hydrogen) atoms. The van der Waals surface area contributed by atoms with Crippen molar-refractivity contribution < 1.29 is 9.59 Å². The maximum atomic E-state index is 11.9. The average Bonchev–Trinajstić information content (AvgIpc) is 2.98. The molecule has 2 aromatic rings. The van der Waals surface area contributed by atoms with E-state index < -0.39 is 0 Å². The Morgan fingerprint density at radius 2 is 1.89 bits per heavy atom. The van der Waals surface area contributed by atoms with E-state index in [4.69, 9.17) is 0 Å². The maximum absolute atomic E-state index is 11.9. The van der Waals surface area contributed by atoms with Gasteiger partial charge in [-0.05, 0) is 63.9 Å². The van der Waals surface area contributed by atoms with Crippen LogP contribution in [0.5, 0.6) is 0 Å². The van der Waals surface area contributed by atoms with Crippen LogP contribution in [0.1, 0.15) is 51.8 Å². The van der Waals surface area contributed by atoms with Crippen molar-refractivity contribution in [3.8, 4) is 0 Å². The first-order valence-electron chi connectivity index (χ1n) is 9.54. The van der Waals surface area contributed by atoms with Gasteiger partial charge in [-0.3, -0.25) is 10.1 Å². The van der Waals surface area contributed by atoms with Crippen LogP contribution in [0.4, 0.5) is 9.93 Å². The molecule has 0 spiro atoms. The van der Waals surface area contributed by atoms with Crippen LogP contribution in [-0.2, 0) is 6.54 Å². The number of nitrogens with one attached hydrogen (secondary N) is 2. The van der Waals surface area contributed by atoms with E-state index in [0.29, 0.717) is 22.2 Å². The summed E-state index contributed by atoms with van der Waals surface area (Å²) in [5.74, 6) is -0.0339. The van der Waals surface area contributed by atoms with E-state index in [9.17, 15) is 9.59 Å². The van der Waals surface area contributed by atoms with Crippen LogP contribution < -0.4 is 10.6 Å². The Morgan fingerprint density at radius 3 is 2.54 bits per heavy atom. The molecule has 1 heterocycles. The van der Waals surface area contributed by atoms with Crippen LogP contribution in [0.25, 0.3) is 0 Å². The first-order chi connectivity index (χ1) is 13.3. The third kappa shape index (κ3) is 6.73. The molecule has 2 amide bonds. The minimum absolute atomic E-state index is 0.0339. The number of anilines is 1. The number of amides is 2. The van der Waals surface area contributed by atoms with Crippen LogP contribution in [0.3, 0.4) is 0 Å². The second-order valence-corrected chi connectivity index (χ2v) is 8.23. The second-order valence-electron chi connectivity index (χ2n) is 7.23. The van der Waals surface area contributed by atoms with Crippen molar-refractivity contribution >= 4 is 28.3 Å². The number of aromatic nitrogens is 1. The van der Waals surface area contributed by atoms with Crippen LogP contribution in [0.2, 0.25) is 0 Å². The Kier molecular flexibility index (Phi) is 8.14. The van der Waals surface area contributed by atoms with Gasteiger partial charge in [0.2, 0.25) is 0 Å². The third-order valence-corrected chi connectivity index (χ3v) is 5.79. The van der Waals surface area contributed by atoms with Crippen molar-refractivity contribution in [2.75, 3.05) is 25.5 Å². The summed E-state index contributed by atoms with van der Waals surface area (Å²) in [4.78, 5) is 30.5. The fourth-order valence-electron chi connectivity index (χ4n) is 2.92. The van der Waals surface area contributed by atoms with Gasteiger partial charge < -0.3 is 10.2 Å². The lowest BCUT2D eigenvalue weighted by atomic mass is 10.1. The lowest BCUT2D eigenvalue weighted by Crippen LogP contribution is -2.30. The summed E-state index contributed by atoms with van der Waals surface area (Å²) >= 11 is 1.21. The molecule has 0 atom stereocenters. The fraction of sp³-hybridized carbons (Fsp3) is 0.476. The number of carbonyl (C=O) groups is 2. The van der Waals surface area contributed by atoms with Gasteiger partial charge in [0.15, 0.2) is 10.9 Å². The van der Waals surface area contributed by atoms with E-state index >= 15 is 0 Å². The van der Waals surface area contributed by atoms with E-state index in [1.165, 1.54) is 35.0 Å². The van der Waals surface area contributed by atoms with E-state index in [2.05, 4.69) is 59.6 Å². The number of urea groups is 1. The van der Waals surface area contributed by atoms with E-state index in [-0.39, 0.29) is 11.8 Å². The minimum Gasteiger partial charge on any atom is -0.338 e. The zero-order valence-electron chi connectivity index (χ0n) is 17.4. The minimum atomic E-state index is -0.285. The molecule has 2 rings (SSSR count). The standard InChI is InChI=1S/C21H30N4O2S/c1-14-8-9-18(12-15(14)2)13-25(5)11-7-6-10-22-20(27)24-21-23-16(3)19(28-21)17(4)26/h8-9,12H,6-7,10-11,13H2,1-5H3,(H2,22,23,24,27). The van der Waals surface area contributed by atoms with Crippen LogP contribution >= 0.6 is 11.3 Å². The Labute approximate surface area is 171 Å². The summed E-state index contributed by atoms with van der Waals surface area (Å²) in [5.41, 5.74) is 4.62. The van der Waals surface area contributed by atoms with Gasteiger partial charge in [0.05, 0.1) is 10.6 Å². The summed E-state index contributed by atoms with van der Waals surface area (Å²) in [6.07, 6.45) is 1.91. The number of aryl methyl sites for hydroxylation is 3. The first kappa shape index (κ1) is 22.0. The van der Waals surface area contributed by atoms with E-state index in [0.717, 1.165) is 25.9 Å². The Morgan fingerprint density at radius 1 is 1.14 bits per heavy atom. The summed E-state index contributed by atoms with van der Waals surface area (Å²) < 4.78 is 0. The van der Waals surface area contributed by atoms with E-state index in [1.807, 2.05) is 0 Å². The topological polar surface area (TPSA) is 74.3 Å². The van der Waals surface area contributed by atoms with Gasteiger partial charge in [-0.1, -0.05) is 29.5 Å². The molecule has 1 aromatic heterocycles. The molecule has 1 aromatic carbocycles. The molecule has 0 aliphatic carbocycles. The largest absolute Gasteiger partial charge is 0.338 e. The SMILES string of the molecule is CC(=O)c1sc(NC(=O)NCCCCN(C)Cc2ccc(C)c(C)c2)nc1C. The van der Waals surface area contributed by atoms with Crippen molar-refractivity contribution in [2.24, 2.45) is 0 Å². The number of hydrogen-bond donors (Lipinski definition) is 2. The highest BCUT2D eigenvalue weighted by Gasteiger charge is 2.13. The number of unbranched alkanes of at least 4 members (excludes halogenated alkanes) is 1. The molecule has 7 heteroatoms. The van der Waals surface area contributed by atoms with Gasteiger partial charge in [-0.15, -0.1) is 0 Å². The molecule has 0 bridgehead atoms. The van der Waals surface area contributed by atoms with Gasteiger partial charge >= 0.3 is 6.03 Å². The normalized spacial score (nSPS) is 10.9. The number of carbonyl (C=O) groups excluding carboxylic acids is 2. The molecule has 0 aliphatic heterocycles. The van der Waals surface area contributed by atoms with Crippen LogP contribution in [0, 0.1) is 20.8 Å². The second kappa shape index (κ2) is 10.3. The number of ketones is 1. The van der Waals surface area contributed by atoms with Gasteiger partial charge in [0.1, 0.15) is 0 Å². The first-order valence-corrected chi connectivity index (χ1v) is 10.4. The van der Waals surface area contributed by atoms with Crippen molar-refractivity contribution in [1.82, 2.24) is 15.2 Å². The van der Waals surface area contributed by atoms with E-state index in [1.54, 1.807) is 6.92 Å². The molecule has 152 valence electrons. The zero-order chi connectivity index (χ0) is 20.7. The molecule has 0 fully saturated rings. The Hall–Kier alpha value is -2.25. The third-order valence-electron chi connectivity index (χ3n) is 4.61. The highest BCUT2D eigenvalue weighted by molar-refractivity contribution is 7.17. The molecular weight excluding hydrogens is 372 g/mol. The van der Waals surface area contributed by atoms with Gasteiger partial charge in [0, 0.05) is 20.0 Å². The summed E-state index contributed by atoms with van der Waals surface area (Å²) in [7, 11) is 2.12. The molecule has 0 radical (unpaired) electrons. The Bertz CT molecular complexity index is 832. The molecule has 0 aliphatic rings. The highest BCUT2D eigenvalue weighted by Crippen LogP contribution is 2.22. The number of thiazole rings is 1. The number of nitrogens with zero attached hydrogens (tertiary/aromatic N) is 2. The number of rotatable bonds is 9. The average molecular weight is 403 g/mol. The highest BCUT2D eigenvalue weighted by atomic mass is 32.1. The monoisotopic (exact) mass is 402 g/mol. The quantitative estimate of drug-likeness (QED) is 0.484. The smallest absolute Gasteiger partial charge is 0.321 e. The zero-order valence-corrected chi connectivity index (χ0v) is 18.2. The van der Waals surface area contributed by atoms with Gasteiger partial charge in [-0.25, -0.2) is 9.78 Å². The molecule has 2 N–H and O–H groups in total. The molecule has 0 saturated carbocycles. The van der Waals surface area contributed by atoms with Crippen LogP contribution in [0.15, 0.2) is 18.2 Å². The predicted molar refractivity (Wildman–Crippen MR) is 115 cm³/mol. The van der Waals surface area contributed by atoms with Gasteiger partial charge in [0.25, 0.3) is 0 Å². The number of Topliss-reactive ketones (excluding diaryl/α,β-unsaturated/α-hetero) is 1. The molecule has 0 unspecified atom stereocenters. The predicted octanol–water partition coefficient (Wildman–Crippen LogP) is 4.30. The molecule has 6 nitrogen and oxygen atoms in total. The van der Waals surface area contributed by atoms with Crippen molar-refractivity contribution in [1.29, 1.82) is 0 Å². The summed E-state index contributed by atoms with van der Waals surface area (Å²) in [6.45, 7) is 10.0. The number of benzene rings is 1. The van der Waals surface area contributed by atoms with Crippen LogP contribution in [-0.4, -0.2) is 41.8 Å². The van der Waals surface area contributed by atoms with Crippen molar-refractivity contribution in [2.45, 2.75) is 47.1 Å². The lowest BCUT2D eigenvalue weighted by molar-refractivity contribution is 0.102. The number of hydrogen-bond acceptors (Lipinski definition) is 5. The summed E-state index contributed by atoms with van der Waals surface area (Å²) in [6, 6.07) is 6.31. The lowest BCUT2D eigenvalue weighted by Gasteiger charge is -2.17. The van der Waals surface area contributed by atoms with Crippen molar-refractivity contribution in [3.63, 3.8) is 0 Å². The maximum Gasteiger partial charge on any atom is 0.321 e. The van der Waals surface area contributed by atoms with Gasteiger partial charge in [-0.2, -0.15) is 0 Å².